The summed E-state index contributed by atoms with van der Waals surface area (Å²) < 4.78 is 10.8. The van der Waals surface area contributed by atoms with Gasteiger partial charge in [0.05, 0.1) is 13.2 Å². The van der Waals surface area contributed by atoms with Crippen molar-refractivity contribution in [1.29, 1.82) is 0 Å². The van der Waals surface area contributed by atoms with E-state index in [1.54, 1.807) is 0 Å². The van der Waals surface area contributed by atoms with Crippen molar-refractivity contribution in [3.8, 4) is 0 Å². The van der Waals surface area contributed by atoms with Gasteiger partial charge in [0.25, 0.3) is 0 Å². The zero-order chi connectivity index (χ0) is 21.1. The molecule has 1 aliphatic rings. The van der Waals surface area contributed by atoms with E-state index in [9.17, 15) is 20.4 Å². The molecule has 1 rings (SSSR count). The van der Waals surface area contributed by atoms with E-state index in [0.717, 1.165) is 18.3 Å². The maximum Gasteiger partial charge on any atom is 0.186 e. The van der Waals surface area contributed by atoms with Gasteiger partial charge >= 0.3 is 0 Å². The average Bonchev–Trinajstić information content (AvgIpc) is 2.64. The molecule has 2 unspecified atom stereocenters. The molecule has 1 aliphatic heterocycles. The van der Waals surface area contributed by atoms with Crippen LogP contribution in [0.2, 0.25) is 0 Å². The van der Waals surface area contributed by atoms with Crippen molar-refractivity contribution in [2.45, 2.75) is 103 Å². The van der Waals surface area contributed by atoms with Crippen LogP contribution >= 0.6 is 0 Å². The minimum Gasteiger partial charge on any atom is -0.394 e. The molecule has 6 atom stereocenters. The maximum atomic E-state index is 9.93. The largest absolute Gasteiger partial charge is 0.394 e. The molecule has 0 aliphatic carbocycles. The number of hydrogen-bond acceptors (Lipinski definition) is 6. The fourth-order valence-electron chi connectivity index (χ4n) is 3.54. The van der Waals surface area contributed by atoms with E-state index in [1.807, 2.05) is 0 Å². The van der Waals surface area contributed by atoms with Gasteiger partial charge in [-0.05, 0) is 38.0 Å². The fraction of sp³-hybridized carbons (Fsp3) is 0.909. The SMILES string of the molecule is CC(=CCCOC1O[C@H](CO)[C@@H](O)[C@H](O)[C@@H]1O)CCCC(C)CCCC(C)C. The third-order valence-electron chi connectivity index (χ3n) is 5.49. The van der Waals surface area contributed by atoms with Crippen molar-refractivity contribution in [3.05, 3.63) is 11.6 Å². The van der Waals surface area contributed by atoms with Gasteiger partial charge < -0.3 is 29.9 Å². The molecule has 6 heteroatoms. The molecular weight excluding hydrogens is 360 g/mol. The zero-order valence-corrected chi connectivity index (χ0v) is 18.1. The van der Waals surface area contributed by atoms with Crippen molar-refractivity contribution in [2.75, 3.05) is 13.2 Å². The van der Waals surface area contributed by atoms with E-state index in [2.05, 4.69) is 33.8 Å². The number of rotatable bonds is 13. The first kappa shape index (κ1) is 25.5. The van der Waals surface area contributed by atoms with Crippen molar-refractivity contribution >= 4 is 0 Å². The van der Waals surface area contributed by atoms with E-state index in [-0.39, 0.29) is 0 Å². The monoisotopic (exact) mass is 402 g/mol. The first-order valence-electron chi connectivity index (χ1n) is 10.8. The van der Waals surface area contributed by atoms with Gasteiger partial charge in [0.2, 0.25) is 0 Å². The highest BCUT2D eigenvalue weighted by Crippen LogP contribution is 2.22. The Balaban J connectivity index is 2.20. The predicted octanol–water partition coefficient (Wildman–Crippen LogP) is 2.77. The van der Waals surface area contributed by atoms with E-state index in [4.69, 9.17) is 9.47 Å². The lowest BCUT2D eigenvalue weighted by atomic mass is 9.94. The molecule has 0 aromatic heterocycles. The van der Waals surface area contributed by atoms with Crippen LogP contribution in [-0.2, 0) is 9.47 Å². The quantitative estimate of drug-likeness (QED) is 0.279. The topological polar surface area (TPSA) is 99.4 Å². The standard InChI is InChI=1S/C22H42O6/c1-15(2)8-5-9-16(3)10-6-11-17(4)12-7-13-27-22-21(26)20(25)19(24)18(14-23)28-22/h12,15-16,18-26H,5-11,13-14H2,1-4H3/t16?,18-,19-,20+,21+,22?/m1/s1. The van der Waals surface area contributed by atoms with Gasteiger partial charge in [-0.25, -0.2) is 0 Å². The molecule has 4 N–H and O–H groups in total. The summed E-state index contributed by atoms with van der Waals surface area (Å²) in [6, 6.07) is 0. The second kappa shape index (κ2) is 13.7. The van der Waals surface area contributed by atoms with Crippen LogP contribution in [0.5, 0.6) is 0 Å². The van der Waals surface area contributed by atoms with Gasteiger partial charge in [-0.3, -0.25) is 0 Å². The van der Waals surface area contributed by atoms with E-state index >= 15 is 0 Å². The molecule has 0 spiro atoms. The van der Waals surface area contributed by atoms with Crippen LogP contribution in [0.4, 0.5) is 0 Å². The lowest BCUT2D eigenvalue weighted by Gasteiger charge is -2.39. The molecule has 0 saturated carbocycles. The van der Waals surface area contributed by atoms with Crippen molar-refractivity contribution in [1.82, 2.24) is 0 Å². The van der Waals surface area contributed by atoms with E-state index < -0.39 is 37.3 Å². The summed E-state index contributed by atoms with van der Waals surface area (Å²) in [5.41, 5.74) is 1.33. The summed E-state index contributed by atoms with van der Waals surface area (Å²) in [4.78, 5) is 0. The van der Waals surface area contributed by atoms with Gasteiger partial charge in [-0.1, -0.05) is 58.1 Å². The van der Waals surface area contributed by atoms with Crippen molar-refractivity contribution in [2.24, 2.45) is 11.8 Å². The Bertz CT molecular complexity index is 437. The third kappa shape index (κ3) is 9.33. The molecule has 0 radical (unpaired) electrons. The maximum absolute atomic E-state index is 9.93. The lowest BCUT2D eigenvalue weighted by molar-refractivity contribution is -0.300. The van der Waals surface area contributed by atoms with E-state index in [0.29, 0.717) is 13.0 Å². The second-order valence-corrected chi connectivity index (χ2v) is 8.73. The normalized spacial score (nSPS) is 30.0. The van der Waals surface area contributed by atoms with Gasteiger partial charge in [-0.15, -0.1) is 0 Å². The third-order valence-corrected chi connectivity index (χ3v) is 5.49. The van der Waals surface area contributed by atoms with Crippen LogP contribution < -0.4 is 0 Å². The highest BCUT2D eigenvalue weighted by atomic mass is 16.7. The van der Waals surface area contributed by atoms with Crippen molar-refractivity contribution < 1.29 is 29.9 Å². The van der Waals surface area contributed by atoms with Crippen LogP contribution in [0.25, 0.3) is 0 Å². The number of hydrogen-bond donors (Lipinski definition) is 4. The summed E-state index contributed by atoms with van der Waals surface area (Å²) >= 11 is 0. The molecule has 0 aromatic carbocycles. The van der Waals surface area contributed by atoms with Crippen LogP contribution in [0, 0.1) is 11.8 Å². The van der Waals surface area contributed by atoms with Crippen molar-refractivity contribution in [3.63, 3.8) is 0 Å². The first-order chi connectivity index (χ1) is 13.3. The van der Waals surface area contributed by atoms with Gasteiger partial charge in [0.15, 0.2) is 6.29 Å². The summed E-state index contributed by atoms with van der Waals surface area (Å²) in [5, 5.41) is 38.6. The highest BCUT2D eigenvalue weighted by molar-refractivity contribution is 4.97. The van der Waals surface area contributed by atoms with E-state index in [1.165, 1.54) is 37.7 Å². The zero-order valence-electron chi connectivity index (χ0n) is 18.1. The molecule has 1 fully saturated rings. The Hall–Kier alpha value is -0.500. The summed E-state index contributed by atoms with van der Waals surface area (Å²) in [6.45, 7) is 8.91. The summed E-state index contributed by atoms with van der Waals surface area (Å²) in [5.74, 6) is 1.57. The Morgan fingerprint density at radius 2 is 1.68 bits per heavy atom. The van der Waals surface area contributed by atoms with Gasteiger partial charge in [0, 0.05) is 0 Å². The fourth-order valence-corrected chi connectivity index (χ4v) is 3.54. The summed E-state index contributed by atoms with van der Waals surface area (Å²) in [6.07, 6.45) is 4.25. The Labute approximate surface area is 170 Å². The number of aliphatic hydroxyl groups excluding tert-OH is 4. The molecule has 28 heavy (non-hydrogen) atoms. The highest BCUT2D eigenvalue weighted by Gasteiger charge is 2.43. The van der Waals surface area contributed by atoms with Crippen LogP contribution in [-0.4, -0.2) is 64.3 Å². The predicted molar refractivity (Wildman–Crippen MR) is 110 cm³/mol. The van der Waals surface area contributed by atoms with Gasteiger partial charge in [-0.2, -0.15) is 0 Å². The van der Waals surface area contributed by atoms with Crippen LogP contribution in [0.15, 0.2) is 11.6 Å². The minimum absolute atomic E-state index is 0.339. The average molecular weight is 403 g/mol. The smallest absolute Gasteiger partial charge is 0.186 e. The lowest BCUT2D eigenvalue weighted by Crippen LogP contribution is -2.59. The molecule has 0 aromatic rings. The Morgan fingerprint density at radius 3 is 2.32 bits per heavy atom. The molecule has 1 heterocycles. The number of allylic oxidation sites excluding steroid dienone is 1. The molecule has 166 valence electrons. The second-order valence-electron chi connectivity index (χ2n) is 8.73. The summed E-state index contributed by atoms with van der Waals surface area (Å²) in [7, 11) is 0. The molecule has 1 saturated heterocycles. The minimum atomic E-state index is -1.39. The Morgan fingerprint density at radius 1 is 1.00 bits per heavy atom. The number of aliphatic hydroxyl groups is 4. The molecule has 0 amide bonds. The molecular formula is C22H42O6. The Kier molecular flexibility index (Phi) is 12.5. The molecule has 0 bridgehead atoms. The van der Waals surface area contributed by atoms with Crippen LogP contribution in [0.3, 0.4) is 0 Å². The van der Waals surface area contributed by atoms with Gasteiger partial charge in [0.1, 0.15) is 24.4 Å². The van der Waals surface area contributed by atoms with Crippen LogP contribution in [0.1, 0.15) is 72.6 Å². The molecule has 6 nitrogen and oxygen atoms in total. The first-order valence-corrected chi connectivity index (χ1v) is 10.8. The number of ether oxygens (including phenoxy) is 2.